The van der Waals surface area contributed by atoms with E-state index in [0.29, 0.717) is 6.61 Å². The number of thioether (sulfide) groups is 1. The molecule has 0 fully saturated rings. The van der Waals surface area contributed by atoms with E-state index in [1.807, 2.05) is 0 Å². The predicted octanol–water partition coefficient (Wildman–Crippen LogP) is 4.05. The van der Waals surface area contributed by atoms with Gasteiger partial charge in [-0.15, -0.1) is 0 Å². The molecule has 0 rings (SSSR count). The Bertz CT molecular complexity index is 261. The summed E-state index contributed by atoms with van der Waals surface area (Å²) in [6.45, 7) is 3.85. The van der Waals surface area contributed by atoms with Gasteiger partial charge in [0, 0.05) is 11.8 Å². The second-order valence-electron chi connectivity index (χ2n) is 4.14. The summed E-state index contributed by atoms with van der Waals surface area (Å²) in [6.07, 6.45) is 10.6. The number of hydrogen-bond acceptors (Lipinski definition) is 4. The van der Waals surface area contributed by atoms with Gasteiger partial charge in [-0.2, -0.15) is 5.26 Å². The molecule has 0 bridgehead atoms. The fourth-order valence-electron chi connectivity index (χ4n) is 1.61. The Hall–Kier alpha value is -0.950. The molecule has 0 radical (unpaired) electrons. The third kappa shape index (κ3) is 13.1. The molecule has 0 unspecified atom stereocenters. The van der Waals surface area contributed by atoms with E-state index < -0.39 is 0 Å². The number of hydrogen-bond donors (Lipinski definition) is 0. The maximum atomic E-state index is 10.7. The van der Waals surface area contributed by atoms with Gasteiger partial charge in [-0.1, -0.05) is 45.1 Å². The topological polar surface area (TPSA) is 50.1 Å². The van der Waals surface area contributed by atoms with E-state index in [1.165, 1.54) is 49.9 Å². The van der Waals surface area contributed by atoms with Crippen LogP contribution in [0.1, 0.15) is 51.4 Å². The van der Waals surface area contributed by atoms with Gasteiger partial charge >= 0.3 is 5.97 Å². The fourth-order valence-corrected chi connectivity index (χ4v) is 2.05. The number of rotatable bonds is 12. The van der Waals surface area contributed by atoms with E-state index in [1.54, 1.807) is 0 Å². The van der Waals surface area contributed by atoms with Gasteiger partial charge in [-0.25, -0.2) is 4.79 Å². The minimum Gasteiger partial charge on any atom is -0.463 e. The van der Waals surface area contributed by atoms with E-state index in [0.717, 1.165) is 25.0 Å². The number of thiocyanates is 1. The molecule has 0 aromatic rings. The van der Waals surface area contributed by atoms with E-state index in [4.69, 9.17) is 10.00 Å². The van der Waals surface area contributed by atoms with Crippen LogP contribution in [-0.4, -0.2) is 18.3 Å². The minimum absolute atomic E-state index is 0.328. The Morgan fingerprint density at radius 3 is 2.22 bits per heavy atom. The molecule has 0 atom stereocenters. The van der Waals surface area contributed by atoms with Crippen molar-refractivity contribution in [1.29, 1.82) is 5.26 Å². The standard InChI is InChI=1S/C14H23NO2S/c1-2-14(16)17-11-9-7-5-3-4-6-8-10-12-18-13-15/h2H,1,3-12H2. The molecule has 0 saturated carbocycles. The Morgan fingerprint density at radius 1 is 1.11 bits per heavy atom. The van der Waals surface area contributed by atoms with E-state index >= 15 is 0 Å². The highest BCUT2D eigenvalue weighted by Gasteiger charge is 1.96. The third-order valence-electron chi connectivity index (χ3n) is 2.62. The molecule has 3 nitrogen and oxygen atoms in total. The van der Waals surface area contributed by atoms with Crippen molar-refractivity contribution < 1.29 is 9.53 Å². The Morgan fingerprint density at radius 2 is 1.67 bits per heavy atom. The average Bonchev–Trinajstić information content (AvgIpc) is 2.39. The second kappa shape index (κ2) is 14.1. The van der Waals surface area contributed by atoms with Crippen LogP contribution in [0.5, 0.6) is 0 Å². The zero-order valence-corrected chi connectivity index (χ0v) is 11.8. The maximum Gasteiger partial charge on any atom is 0.330 e. The van der Waals surface area contributed by atoms with Gasteiger partial charge in [0.1, 0.15) is 5.40 Å². The van der Waals surface area contributed by atoms with Crippen molar-refractivity contribution in [3.8, 4) is 5.40 Å². The Labute approximate surface area is 115 Å². The monoisotopic (exact) mass is 269 g/mol. The van der Waals surface area contributed by atoms with Crippen molar-refractivity contribution in [3.63, 3.8) is 0 Å². The number of unbranched alkanes of at least 4 members (excludes halogenated alkanes) is 7. The normalized spacial score (nSPS) is 9.72. The highest BCUT2D eigenvalue weighted by Crippen LogP contribution is 2.10. The fraction of sp³-hybridized carbons (Fsp3) is 0.714. The average molecular weight is 269 g/mol. The molecular weight excluding hydrogens is 246 g/mol. The molecule has 18 heavy (non-hydrogen) atoms. The van der Waals surface area contributed by atoms with Crippen molar-refractivity contribution >= 4 is 17.7 Å². The number of ether oxygens (including phenoxy) is 1. The molecule has 0 aliphatic carbocycles. The Kier molecular flexibility index (Phi) is 13.4. The number of carbonyl (C=O) groups excluding carboxylic acids is 1. The SMILES string of the molecule is C=CC(=O)OCCCCCCCCCCSC#N. The zero-order valence-electron chi connectivity index (χ0n) is 11.0. The van der Waals surface area contributed by atoms with Crippen LogP contribution >= 0.6 is 11.8 Å². The first-order valence-electron chi connectivity index (χ1n) is 6.61. The molecule has 0 heterocycles. The number of nitriles is 1. The summed E-state index contributed by atoms with van der Waals surface area (Å²) in [7, 11) is 0. The van der Waals surface area contributed by atoms with Gasteiger partial charge in [0.25, 0.3) is 0 Å². The van der Waals surface area contributed by atoms with Gasteiger partial charge in [-0.05, 0) is 24.6 Å². The van der Waals surface area contributed by atoms with Crippen LogP contribution < -0.4 is 0 Å². The molecule has 4 heteroatoms. The van der Waals surface area contributed by atoms with Gasteiger partial charge in [-0.3, -0.25) is 0 Å². The van der Waals surface area contributed by atoms with Crippen molar-refractivity contribution in [1.82, 2.24) is 0 Å². The van der Waals surface area contributed by atoms with E-state index in [2.05, 4.69) is 12.0 Å². The van der Waals surface area contributed by atoms with Crippen molar-refractivity contribution in [2.24, 2.45) is 0 Å². The lowest BCUT2D eigenvalue weighted by molar-refractivity contribution is -0.137. The van der Waals surface area contributed by atoms with E-state index in [-0.39, 0.29) is 5.97 Å². The maximum absolute atomic E-state index is 10.7. The molecule has 0 spiro atoms. The summed E-state index contributed by atoms with van der Waals surface area (Å²) in [5, 5.41) is 10.4. The zero-order chi connectivity index (χ0) is 13.5. The molecule has 0 aliphatic rings. The quantitative estimate of drug-likeness (QED) is 0.232. The van der Waals surface area contributed by atoms with E-state index in [9.17, 15) is 4.79 Å². The van der Waals surface area contributed by atoms with Gasteiger partial charge in [0.15, 0.2) is 0 Å². The molecule has 0 aromatic carbocycles. The summed E-state index contributed by atoms with van der Waals surface area (Å²) in [5.74, 6) is 0.635. The van der Waals surface area contributed by atoms with Crippen LogP contribution in [0.25, 0.3) is 0 Å². The summed E-state index contributed by atoms with van der Waals surface area (Å²) in [6, 6.07) is 0. The highest BCUT2D eigenvalue weighted by molar-refractivity contribution is 8.03. The van der Waals surface area contributed by atoms with Crippen molar-refractivity contribution in [2.75, 3.05) is 12.4 Å². The molecule has 0 aromatic heterocycles. The summed E-state index contributed by atoms with van der Waals surface area (Å²) < 4.78 is 4.89. The molecule has 0 N–H and O–H groups in total. The smallest absolute Gasteiger partial charge is 0.330 e. The van der Waals surface area contributed by atoms with Crippen LogP contribution in [0, 0.1) is 10.7 Å². The van der Waals surface area contributed by atoms with Crippen LogP contribution in [0.3, 0.4) is 0 Å². The van der Waals surface area contributed by atoms with Crippen LogP contribution in [0.15, 0.2) is 12.7 Å². The summed E-state index contributed by atoms with van der Waals surface area (Å²) in [4.78, 5) is 10.7. The lowest BCUT2D eigenvalue weighted by atomic mass is 10.1. The highest BCUT2D eigenvalue weighted by atomic mass is 32.2. The van der Waals surface area contributed by atoms with Gasteiger partial charge in [0.05, 0.1) is 6.61 Å². The molecule has 0 saturated heterocycles. The molecule has 0 amide bonds. The molecule has 0 aliphatic heterocycles. The molecule has 102 valence electrons. The van der Waals surface area contributed by atoms with Crippen molar-refractivity contribution in [2.45, 2.75) is 51.4 Å². The first-order valence-corrected chi connectivity index (χ1v) is 7.60. The Balaban J connectivity index is 3.01. The van der Waals surface area contributed by atoms with Crippen LogP contribution in [0.2, 0.25) is 0 Å². The lowest BCUT2D eigenvalue weighted by Gasteiger charge is -2.02. The third-order valence-corrected chi connectivity index (χ3v) is 3.24. The number of carbonyl (C=O) groups is 1. The van der Waals surface area contributed by atoms with Gasteiger partial charge < -0.3 is 4.74 Å². The summed E-state index contributed by atoms with van der Waals surface area (Å²) in [5.41, 5.74) is 0. The first-order chi connectivity index (χ1) is 8.81. The van der Waals surface area contributed by atoms with Gasteiger partial charge in [0.2, 0.25) is 0 Å². The van der Waals surface area contributed by atoms with Crippen molar-refractivity contribution in [3.05, 3.63) is 12.7 Å². The largest absolute Gasteiger partial charge is 0.463 e. The lowest BCUT2D eigenvalue weighted by Crippen LogP contribution is -2.01. The van der Waals surface area contributed by atoms with Crippen LogP contribution in [0.4, 0.5) is 0 Å². The minimum atomic E-state index is -0.328. The molecular formula is C14H23NO2S. The first kappa shape index (κ1) is 17.1. The van der Waals surface area contributed by atoms with Crippen LogP contribution in [-0.2, 0) is 9.53 Å². The second-order valence-corrected chi connectivity index (χ2v) is 5.02. The number of nitrogens with zero attached hydrogens (tertiary/aromatic N) is 1. The number of esters is 1. The predicted molar refractivity (Wildman–Crippen MR) is 76.2 cm³/mol. The summed E-state index contributed by atoms with van der Waals surface area (Å²) >= 11 is 1.35.